The van der Waals surface area contributed by atoms with Gasteiger partial charge in [0.2, 0.25) is 0 Å². The van der Waals surface area contributed by atoms with Crippen LogP contribution < -0.4 is 51.9 Å². The quantitative estimate of drug-likeness (QED) is 0.0695. The van der Waals surface area contributed by atoms with Gasteiger partial charge < -0.3 is 36.9 Å². The van der Waals surface area contributed by atoms with Crippen LogP contribution >= 0.6 is 0 Å². The summed E-state index contributed by atoms with van der Waals surface area (Å²) < 4.78 is 4.62. The van der Waals surface area contributed by atoms with Crippen LogP contribution in [0.1, 0.15) is 103 Å². The average molecular weight is 498 g/mol. The standard InChI is InChI=1S/C17H31NO5.C6H14N2O2.Na/c1-2-3-4-5-6-7-8-9-10-11-16(21)23-17(22)14(18)12-13-15(19)20;7-4-2-1-3-5(8)6(9)10;/h14H,2-13,18H2,1H3,(H,19,20);5H,1-4,7-8H2,(H,9,10);/q;;+1/p-1. The molecule has 2 unspecified atom stereocenters. The Morgan fingerprint density at radius 1 is 0.794 bits per heavy atom. The van der Waals surface area contributed by atoms with Crippen LogP contribution in [0.2, 0.25) is 0 Å². The molecule has 0 spiro atoms. The molecule has 11 heteroatoms. The summed E-state index contributed by atoms with van der Waals surface area (Å²) in [7, 11) is 0. The Labute approximate surface area is 226 Å². The zero-order valence-corrected chi connectivity index (χ0v) is 23.1. The Bertz CT molecular complexity index is 551. The van der Waals surface area contributed by atoms with Crippen LogP contribution in [0, 0.1) is 0 Å². The van der Waals surface area contributed by atoms with Crippen molar-refractivity contribution in [2.45, 2.75) is 115 Å². The van der Waals surface area contributed by atoms with E-state index in [1.54, 1.807) is 0 Å². The van der Waals surface area contributed by atoms with Crippen molar-refractivity contribution in [3.63, 3.8) is 0 Å². The van der Waals surface area contributed by atoms with Gasteiger partial charge >= 0.3 is 47.5 Å². The van der Waals surface area contributed by atoms with Crippen molar-refractivity contribution in [3.05, 3.63) is 0 Å². The molecule has 0 saturated heterocycles. The van der Waals surface area contributed by atoms with E-state index in [2.05, 4.69) is 11.7 Å². The summed E-state index contributed by atoms with van der Waals surface area (Å²) in [4.78, 5) is 43.4. The summed E-state index contributed by atoms with van der Waals surface area (Å²) in [6.45, 7) is 2.78. The summed E-state index contributed by atoms with van der Waals surface area (Å²) in [5.41, 5.74) is 15.8. The topological polar surface area (TPSA) is 199 Å². The molecule has 0 saturated carbocycles. The smallest absolute Gasteiger partial charge is 0.548 e. The van der Waals surface area contributed by atoms with Crippen molar-refractivity contribution in [1.82, 2.24) is 0 Å². The number of carbonyl (C=O) groups is 4. The Kier molecular flexibility index (Phi) is 29.3. The van der Waals surface area contributed by atoms with E-state index in [0.717, 1.165) is 25.7 Å². The Hall–Kier alpha value is -1.04. The van der Waals surface area contributed by atoms with E-state index in [-0.39, 0.29) is 48.8 Å². The summed E-state index contributed by atoms with van der Waals surface area (Å²) in [6.07, 6.45) is 12.3. The van der Waals surface area contributed by atoms with Crippen LogP contribution in [0.5, 0.6) is 0 Å². The molecule has 0 aromatic rings. The number of carbonyl (C=O) groups excluding carboxylic acids is 3. The molecule has 7 N–H and O–H groups in total. The van der Waals surface area contributed by atoms with Crippen LogP contribution in [0.3, 0.4) is 0 Å². The number of rotatable bonds is 19. The minimum atomic E-state index is -1.18. The second kappa shape index (κ2) is 26.6. The number of hydrogen-bond donors (Lipinski definition) is 4. The molecule has 2 atom stereocenters. The fourth-order valence-corrected chi connectivity index (χ4v) is 2.84. The van der Waals surface area contributed by atoms with Gasteiger partial charge in [0.25, 0.3) is 0 Å². The SMILES string of the molecule is CCCCCCCCCCCC(=O)OC(=O)C(N)CCC(=O)O.NCCCCC(N)C(=O)[O-].[Na+]. The third kappa shape index (κ3) is 27.2. The molecule has 0 radical (unpaired) electrons. The van der Waals surface area contributed by atoms with Gasteiger partial charge in [-0.05, 0) is 32.2 Å². The van der Waals surface area contributed by atoms with Gasteiger partial charge in [-0.3, -0.25) is 9.59 Å². The monoisotopic (exact) mass is 497 g/mol. The molecule has 34 heavy (non-hydrogen) atoms. The first-order chi connectivity index (χ1) is 15.6. The van der Waals surface area contributed by atoms with Gasteiger partial charge in [0, 0.05) is 18.9 Å². The summed E-state index contributed by atoms with van der Waals surface area (Å²) >= 11 is 0. The van der Waals surface area contributed by atoms with Crippen molar-refractivity contribution in [3.8, 4) is 0 Å². The largest absolute Gasteiger partial charge is 1.00 e. The van der Waals surface area contributed by atoms with Crippen LogP contribution in [-0.2, 0) is 23.9 Å². The minimum absolute atomic E-state index is 0. The molecule has 0 aliphatic carbocycles. The molecular formula is C23H44N3NaO7. The molecule has 0 aromatic heterocycles. The maximum Gasteiger partial charge on any atom is 1.00 e. The van der Waals surface area contributed by atoms with Crippen molar-refractivity contribution in [1.29, 1.82) is 0 Å². The van der Waals surface area contributed by atoms with E-state index in [0.29, 0.717) is 19.4 Å². The molecule has 0 amide bonds. The second-order valence-electron chi connectivity index (χ2n) is 8.12. The number of carboxylic acids is 2. The molecule has 10 nitrogen and oxygen atoms in total. The molecule has 0 aliphatic rings. The molecule has 0 rings (SSSR count). The number of hydrogen-bond acceptors (Lipinski definition) is 9. The first-order valence-electron chi connectivity index (χ1n) is 12.0. The third-order valence-electron chi connectivity index (χ3n) is 4.94. The van der Waals surface area contributed by atoms with E-state index >= 15 is 0 Å². The van der Waals surface area contributed by atoms with E-state index in [4.69, 9.17) is 22.3 Å². The average Bonchev–Trinajstić information content (AvgIpc) is 2.76. The van der Waals surface area contributed by atoms with Crippen LogP contribution in [-0.4, -0.2) is 47.6 Å². The Balaban J connectivity index is -0.000000736. The summed E-state index contributed by atoms with van der Waals surface area (Å²) in [5, 5.41) is 18.5. The fraction of sp³-hybridized carbons (Fsp3) is 0.826. The zero-order valence-electron chi connectivity index (χ0n) is 21.1. The van der Waals surface area contributed by atoms with Gasteiger partial charge in [0.15, 0.2) is 0 Å². The molecule has 0 fully saturated rings. The van der Waals surface area contributed by atoms with Crippen molar-refractivity contribution in [2.75, 3.05) is 6.54 Å². The third-order valence-corrected chi connectivity index (χ3v) is 4.94. The summed E-state index contributed by atoms with van der Waals surface area (Å²) in [5.74, 6) is -3.64. The Morgan fingerprint density at radius 3 is 1.79 bits per heavy atom. The van der Waals surface area contributed by atoms with Gasteiger partial charge in [-0.25, -0.2) is 4.79 Å². The Morgan fingerprint density at radius 2 is 1.32 bits per heavy atom. The molecule has 194 valence electrons. The molecule has 0 aliphatic heterocycles. The molecular weight excluding hydrogens is 453 g/mol. The maximum atomic E-state index is 11.5. The van der Waals surface area contributed by atoms with Crippen LogP contribution in [0.4, 0.5) is 0 Å². The number of nitrogens with two attached hydrogens (primary N) is 3. The first kappa shape index (κ1) is 37.5. The number of ether oxygens (including phenoxy) is 1. The predicted molar refractivity (Wildman–Crippen MR) is 124 cm³/mol. The minimum Gasteiger partial charge on any atom is -0.548 e. The summed E-state index contributed by atoms with van der Waals surface area (Å²) in [6, 6.07) is -1.88. The van der Waals surface area contributed by atoms with Gasteiger partial charge in [-0.2, -0.15) is 0 Å². The number of carboxylic acid groups (broad SMARTS) is 2. The maximum absolute atomic E-state index is 11.5. The van der Waals surface area contributed by atoms with Gasteiger partial charge in [-0.15, -0.1) is 0 Å². The molecule has 0 bridgehead atoms. The van der Waals surface area contributed by atoms with E-state index < -0.39 is 36.0 Å². The van der Waals surface area contributed by atoms with Crippen LogP contribution in [0.25, 0.3) is 0 Å². The number of unbranched alkanes of at least 4 members (excludes halogenated alkanes) is 9. The number of aliphatic carboxylic acids is 2. The fourth-order valence-electron chi connectivity index (χ4n) is 2.84. The zero-order chi connectivity index (χ0) is 25.5. The van der Waals surface area contributed by atoms with Gasteiger partial charge in [-0.1, -0.05) is 64.7 Å². The first-order valence-corrected chi connectivity index (χ1v) is 12.0. The van der Waals surface area contributed by atoms with Crippen molar-refractivity contribution in [2.24, 2.45) is 17.2 Å². The number of esters is 2. The molecule has 0 heterocycles. The van der Waals surface area contributed by atoms with Gasteiger partial charge in [0.1, 0.15) is 6.04 Å². The van der Waals surface area contributed by atoms with Crippen molar-refractivity contribution >= 4 is 23.9 Å². The van der Waals surface area contributed by atoms with E-state index in [1.165, 1.54) is 38.5 Å². The van der Waals surface area contributed by atoms with Gasteiger partial charge in [0.05, 0.1) is 5.97 Å². The second-order valence-corrected chi connectivity index (χ2v) is 8.12. The normalized spacial score (nSPS) is 11.9. The van der Waals surface area contributed by atoms with E-state index in [9.17, 15) is 24.3 Å². The van der Waals surface area contributed by atoms with E-state index in [1.807, 2.05) is 0 Å². The predicted octanol–water partition coefficient (Wildman–Crippen LogP) is -1.63. The molecule has 0 aromatic carbocycles. The van der Waals surface area contributed by atoms with Crippen molar-refractivity contribution < 1.29 is 63.7 Å². The van der Waals surface area contributed by atoms with Crippen LogP contribution in [0.15, 0.2) is 0 Å².